The van der Waals surface area contributed by atoms with Gasteiger partial charge in [-0.1, -0.05) is 41.4 Å². The zero-order valence-corrected chi connectivity index (χ0v) is 12.7. The molecule has 0 bridgehead atoms. The molecule has 2 rings (SSSR count). The molecule has 112 valence electrons. The van der Waals surface area contributed by atoms with Crippen LogP contribution in [0, 0.1) is 6.92 Å². The van der Waals surface area contributed by atoms with E-state index in [1.807, 2.05) is 19.1 Å². The van der Waals surface area contributed by atoms with E-state index in [-0.39, 0.29) is 0 Å². The van der Waals surface area contributed by atoms with Gasteiger partial charge in [0.05, 0.1) is 0 Å². The Hall–Kier alpha value is -0.300. The van der Waals surface area contributed by atoms with E-state index in [0.717, 1.165) is 12.2 Å². The van der Waals surface area contributed by atoms with Crippen molar-refractivity contribution in [2.75, 3.05) is 5.75 Å². The molecule has 1 aromatic rings. The van der Waals surface area contributed by atoms with Crippen LogP contribution >= 0.6 is 23.4 Å². The molecule has 0 radical (unpaired) electrons. The molecule has 6 heteroatoms. The topological polar surface area (TPSA) is 69.9 Å². The lowest BCUT2D eigenvalue weighted by molar-refractivity contribution is -0.174. The summed E-state index contributed by atoms with van der Waals surface area (Å²) in [6.45, 7) is 2.04. The molecule has 1 fully saturated rings. The lowest BCUT2D eigenvalue weighted by atomic mass is 10.1. The van der Waals surface area contributed by atoms with Crippen LogP contribution in [0.4, 0.5) is 0 Å². The second kappa shape index (κ2) is 7.11. The molecule has 1 aliphatic heterocycles. The average molecular weight is 319 g/mol. The zero-order valence-electron chi connectivity index (χ0n) is 11.1. The van der Waals surface area contributed by atoms with Crippen molar-refractivity contribution in [3.05, 3.63) is 35.4 Å². The summed E-state index contributed by atoms with van der Waals surface area (Å²) in [4.78, 5) is 0. The number of hydrogen-bond donors (Lipinski definition) is 3. The van der Waals surface area contributed by atoms with Crippen LogP contribution in [0.2, 0.25) is 0 Å². The molecule has 3 N–H and O–H groups in total. The van der Waals surface area contributed by atoms with Gasteiger partial charge in [-0.25, -0.2) is 0 Å². The predicted molar refractivity (Wildman–Crippen MR) is 79.9 cm³/mol. The molecule has 0 amide bonds. The minimum Gasteiger partial charge on any atom is -0.387 e. The third-order valence-corrected chi connectivity index (χ3v) is 4.79. The van der Waals surface area contributed by atoms with Gasteiger partial charge in [-0.2, -0.15) is 0 Å². The molecule has 5 atom stereocenters. The molecule has 1 aliphatic rings. The van der Waals surface area contributed by atoms with Crippen LogP contribution in [-0.2, 0) is 11.2 Å². The first-order valence-electron chi connectivity index (χ1n) is 6.50. The fourth-order valence-electron chi connectivity index (χ4n) is 2.11. The Balaban J connectivity index is 1.84. The lowest BCUT2D eigenvalue weighted by Crippen LogP contribution is -2.54. The van der Waals surface area contributed by atoms with E-state index in [9.17, 15) is 15.3 Å². The first-order chi connectivity index (χ1) is 9.49. The summed E-state index contributed by atoms with van der Waals surface area (Å²) in [6, 6.07) is 8.22. The molecule has 4 nitrogen and oxygen atoms in total. The fraction of sp³-hybridized carbons (Fsp3) is 0.571. The van der Waals surface area contributed by atoms with Crippen molar-refractivity contribution in [1.29, 1.82) is 0 Å². The Morgan fingerprint density at radius 2 is 1.95 bits per heavy atom. The smallest absolute Gasteiger partial charge is 0.161 e. The van der Waals surface area contributed by atoms with Gasteiger partial charge in [-0.05, 0) is 24.7 Å². The van der Waals surface area contributed by atoms with Crippen LogP contribution in [0.1, 0.15) is 11.1 Å². The molecule has 20 heavy (non-hydrogen) atoms. The molecule has 0 aliphatic carbocycles. The van der Waals surface area contributed by atoms with E-state index in [4.69, 9.17) is 16.3 Å². The number of benzene rings is 1. The van der Waals surface area contributed by atoms with Gasteiger partial charge in [0.25, 0.3) is 0 Å². The molecule has 1 aromatic carbocycles. The van der Waals surface area contributed by atoms with Crippen LogP contribution in [-0.4, -0.2) is 50.4 Å². The highest BCUT2D eigenvalue weighted by atomic mass is 35.5. The van der Waals surface area contributed by atoms with Crippen molar-refractivity contribution in [1.82, 2.24) is 0 Å². The van der Waals surface area contributed by atoms with Gasteiger partial charge in [-0.15, -0.1) is 11.8 Å². The Kier molecular flexibility index (Phi) is 5.72. The molecule has 0 saturated carbocycles. The number of ether oxygens (including phenoxy) is 1. The quantitative estimate of drug-likeness (QED) is 0.730. The summed E-state index contributed by atoms with van der Waals surface area (Å²) in [5, 5.41) is 29.0. The third kappa shape index (κ3) is 3.87. The average Bonchev–Trinajstić information content (AvgIpc) is 2.42. The van der Waals surface area contributed by atoms with Gasteiger partial charge < -0.3 is 20.1 Å². The summed E-state index contributed by atoms with van der Waals surface area (Å²) in [5.41, 5.74) is 0.803. The molecular formula is C14H19ClO4S. The highest BCUT2D eigenvalue weighted by Gasteiger charge is 2.42. The van der Waals surface area contributed by atoms with E-state index in [1.54, 1.807) is 0 Å². The highest BCUT2D eigenvalue weighted by molar-refractivity contribution is 7.99. The second-order valence-electron chi connectivity index (χ2n) is 4.94. The van der Waals surface area contributed by atoms with Crippen molar-refractivity contribution >= 4 is 23.4 Å². The summed E-state index contributed by atoms with van der Waals surface area (Å²) in [7, 11) is 0. The fourth-order valence-corrected chi connectivity index (χ4v) is 3.57. The number of aryl methyl sites for hydroxylation is 2. The minimum absolute atomic E-state index is 0.624. The third-order valence-electron chi connectivity index (χ3n) is 3.27. The zero-order chi connectivity index (χ0) is 14.7. The number of alkyl halides is 1. The maximum absolute atomic E-state index is 9.85. The Morgan fingerprint density at radius 1 is 1.20 bits per heavy atom. The van der Waals surface area contributed by atoms with Crippen LogP contribution < -0.4 is 0 Å². The molecule has 0 aromatic heterocycles. The van der Waals surface area contributed by atoms with Crippen molar-refractivity contribution in [3.63, 3.8) is 0 Å². The summed E-state index contributed by atoms with van der Waals surface area (Å²) in [6.07, 6.45) is -2.84. The normalized spacial score (nSPS) is 34.1. The predicted octanol–water partition coefficient (Wildman–Crippen LogP) is 1.27. The summed E-state index contributed by atoms with van der Waals surface area (Å²) >= 11 is 7.17. The van der Waals surface area contributed by atoms with E-state index >= 15 is 0 Å². The number of thioether (sulfide) groups is 1. The molecule has 0 spiro atoms. The summed E-state index contributed by atoms with van der Waals surface area (Å²) in [5.74, 6) is 0.734. The van der Waals surface area contributed by atoms with E-state index < -0.39 is 29.3 Å². The SMILES string of the molecule is Cc1cccc(CCSC2OC(Cl)C(O)C(O)C2O)c1. The number of aliphatic hydroxyl groups excluding tert-OH is 3. The Labute approximate surface area is 127 Å². The lowest BCUT2D eigenvalue weighted by Gasteiger charge is -2.37. The largest absolute Gasteiger partial charge is 0.387 e. The highest BCUT2D eigenvalue weighted by Crippen LogP contribution is 2.30. The monoisotopic (exact) mass is 318 g/mol. The van der Waals surface area contributed by atoms with Crippen LogP contribution in [0.5, 0.6) is 0 Å². The van der Waals surface area contributed by atoms with Crippen molar-refractivity contribution < 1.29 is 20.1 Å². The Bertz CT molecular complexity index is 445. The van der Waals surface area contributed by atoms with Crippen LogP contribution in [0.25, 0.3) is 0 Å². The van der Waals surface area contributed by atoms with E-state index in [2.05, 4.69) is 12.1 Å². The first kappa shape index (κ1) is 16.1. The van der Waals surface area contributed by atoms with Crippen molar-refractivity contribution in [3.8, 4) is 0 Å². The molecule has 1 heterocycles. The maximum atomic E-state index is 9.85. The van der Waals surface area contributed by atoms with Gasteiger partial charge in [0.2, 0.25) is 0 Å². The first-order valence-corrected chi connectivity index (χ1v) is 7.98. The number of hydrogen-bond acceptors (Lipinski definition) is 5. The maximum Gasteiger partial charge on any atom is 0.161 e. The van der Waals surface area contributed by atoms with Gasteiger partial charge >= 0.3 is 0 Å². The van der Waals surface area contributed by atoms with Crippen molar-refractivity contribution in [2.45, 2.75) is 42.7 Å². The second-order valence-corrected chi connectivity index (χ2v) is 6.57. The van der Waals surface area contributed by atoms with E-state index in [1.165, 1.54) is 22.9 Å². The number of aliphatic hydroxyl groups is 3. The number of halogens is 1. The standard InChI is InChI=1S/C14H19ClO4S/c1-8-3-2-4-9(7-8)5-6-20-14-12(18)10(16)11(17)13(15)19-14/h2-4,7,10-14,16-18H,5-6H2,1H3. The van der Waals surface area contributed by atoms with Gasteiger partial charge in [0.1, 0.15) is 23.7 Å². The van der Waals surface area contributed by atoms with Gasteiger partial charge in [-0.3, -0.25) is 0 Å². The molecule has 5 unspecified atom stereocenters. The molecular weight excluding hydrogens is 300 g/mol. The number of rotatable bonds is 4. The minimum atomic E-state index is -1.28. The van der Waals surface area contributed by atoms with Crippen LogP contribution in [0.15, 0.2) is 24.3 Å². The Morgan fingerprint density at radius 3 is 2.65 bits per heavy atom. The van der Waals surface area contributed by atoms with Gasteiger partial charge in [0, 0.05) is 0 Å². The van der Waals surface area contributed by atoms with Gasteiger partial charge in [0.15, 0.2) is 5.56 Å². The van der Waals surface area contributed by atoms with Crippen LogP contribution in [0.3, 0.4) is 0 Å². The van der Waals surface area contributed by atoms with Crippen molar-refractivity contribution in [2.24, 2.45) is 0 Å². The molecule has 1 saturated heterocycles. The summed E-state index contributed by atoms with van der Waals surface area (Å²) < 4.78 is 5.31. The van der Waals surface area contributed by atoms with E-state index in [0.29, 0.717) is 0 Å².